The molecule has 1 aromatic rings. The zero-order valence-corrected chi connectivity index (χ0v) is 9.65. The van der Waals surface area contributed by atoms with E-state index in [0.717, 1.165) is 18.4 Å². The average Bonchev–Trinajstić information content (AvgIpc) is 2.18. The highest BCUT2D eigenvalue weighted by Crippen LogP contribution is 2.27. The number of aliphatic hydroxyl groups is 1. The molecule has 0 fully saturated rings. The molecule has 1 N–H and O–H groups in total. The van der Waals surface area contributed by atoms with Crippen LogP contribution in [0.2, 0.25) is 10.0 Å². The summed E-state index contributed by atoms with van der Waals surface area (Å²) in [6.45, 7) is 2.23. The van der Waals surface area contributed by atoms with Gasteiger partial charge in [-0.1, -0.05) is 42.6 Å². The van der Waals surface area contributed by atoms with Crippen molar-refractivity contribution >= 4 is 23.2 Å². The van der Waals surface area contributed by atoms with Crippen molar-refractivity contribution in [2.24, 2.45) is 5.92 Å². The quantitative estimate of drug-likeness (QED) is 0.843. The van der Waals surface area contributed by atoms with Crippen LogP contribution < -0.4 is 0 Å². The van der Waals surface area contributed by atoms with Crippen LogP contribution in [0.5, 0.6) is 0 Å². The summed E-state index contributed by atoms with van der Waals surface area (Å²) < 4.78 is 0. The Morgan fingerprint density at radius 2 is 1.86 bits per heavy atom. The van der Waals surface area contributed by atoms with Crippen molar-refractivity contribution < 1.29 is 5.11 Å². The first-order chi connectivity index (χ1) is 6.69. The second-order valence-electron chi connectivity index (χ2n) is 3.36. The Balaban J connectivity index is 2.84. The van der Waals surface area contributed by atoms with E-state index >= 15 is 0 Å². The van der Waals surface area contributed by atoms with Crippen LogP contribution in [0, 0.1) is 5.92 Å². The number of benzene rings is 1. The number of hydrogen-bond donors (Lipinski definition) is 1. The van der Waals surface area contributed by atoms with E-state index in [2.05, 4.69) is 0 Å². The molecule has 14 heavy (non-hydrogen) atoms. The van der Waals surface area contributed by atoms with E-state index in [0.29, 0.717) is 10.0 Å². The van der Waals surface area contributed by atoms with Gasteiger partial charge in [-0.3, -0.25) is 0 Å². The molecule has 0 aliphatic carbocycles. The molecule has 0 aromatic heterocycles. The van der Waals surface area contributed by atoms with Gasteiger partial charge >= 0.3 is 0 Å². The third kappa shape index (κ3) is 2.88. The lowest BCUT2D eigenvalue weighted by Gasteiger charge is -2.13. The largest absolute Gasteiger partial charge is 0.396 e. The molecule has 0 aliphatic rings. The van der Waals surface area contributed by atoms with Crippen molar-refractivity contribution in [3.05, 3.63) is 33.8 Å². The summed E-state index contributed by atoms with van der Waals surface area (Å²) in [5.74, 6) is 0.243. The van der Waals surface area contributed by atoms with Crippen molar-refractivity contribution in [1.82, 2.24) is 0 Å². The van der Waals surface area contributed by atoms with E-state index < -0.39 is 0 Å². The molecule has 0 aliphatic heterocycles. The van der Waals surface area contributed by atoms with Crippen molar-refractivity contribution in [2.45, 2.75) is 19.8 Å². The highest BCUT2D eigenvalue weighted by Gasteiger charge is 2.11. The van der Waals surface area contributed by atoms with Crippen molar-refractivity contribution in [1.29, 1.82) is 0 Å². The summed E-state index contributed by atoms with van der Waals surface area (Å²) in [6.07, 6.45) is 1.67. The van der Waals surface area contributed by atoms with Gasteiger partial charge in [0.1, 0.15) is 0 Å². The minimum absolute atomic E-state index is 0.179. The molecule has 0 saturated heterocycles. The molecular formula is C11H14Cl2O. The lowest BCUT2D eigenvalue weighted by atomic mass is 9.98. The zero-order chi connectivity index (χ0) is 10.6. The van der Waals surface area contributed by atoms with E-state index in [1.54, 1.807) is 0 Å². The fourth-order valence-electron chi connectivity index (χ4n) is 1.35. The highest BCUT2D eigenvalue weighted by molar-refractivity contribution is 6.35. The Morgan fingerprint density at radius 3 is 2.29 bits per heavy atom. The van der Waals surface area contributed by atoms with Crippen LogP contribution in [0.3, 0.4) is 0 Å². The molecule has 1 atom stereocenters. The first-order valence-electron chi connectivity index (χ1n) is 4.72. The molecule has 3 heteroatoms. The van der Waals surface area contributed by atoms with Gasteiger partial charge < -0.3 is 5.11 Å². The van der Waals surface area contributed by atoms with E-state index in [1.807, 2.05) is 25.1 Å². The minimum Gasteiger partial charge on any atom is -0.396 e. The van der Waals surface area contributed by atoms with Gasteiger partial charge in [-0.25, -0.2) is 0 Å². The van der Waals surface area contributed by atoms with Crippen LogP contribution in [-0.2, 0) is 6.42 Å². The van der Waals surface area contributed by atoms with E-state index in [9.17, 15) is 0 Å². The number of aliphatic hydroxyl groups excluding tert-OH is 1. The van der Waals surface area contributed by atoms with Crippen molar-refractivity contribution in [2.75, 3.05) is 6.61 Å². The third-order valence-electron chi connectivity index (χ3n) is 2.39. The second-order valence-corrected chi connectivity index (χ2v) is 4.18. The molecule has 1 unspecified atom stereocenters. The molecule has 0 heterocycles. The molecule has 0 saturated carbocycles. The summed E-state index contributed by atoms with van der Waals surface area (Å²) in [6, 6.07) is 5.48. The smallest absolute Gasteiger partial charge is 0.0462 e. The van der Waals surface area contributed by atoms with Gasteiger partial charge in [0, 0.05) is 16.7 Å². The number of rotatable bonds is 4. The molecule has 1 rings (SSSR count). The summed E-state index contributed by atoms with van der Waals surface area (Å²) in [4.78, 5) is 0. The number of halogens is 2. The van der Waals surface area contributed by atoms with Crippen LogP contribution >= 0.6 is 23.2 Å². The second kappa shape index (κ2) is 5.59. The normalized spacial score (nSPS) is 12.9. The van der Waals surface area contributed by atoms with Gasteiger partial charge in [0.15, 0.2) is 0 Å². The Kier molecular flexibility index (Phi) is 4.73. The summed E-state index contributed by atoms with van der Waals surface area (Å²) >= 11 is 12.0. The molecule has 1 aromatic carbocycles. The minimum atomic E-state index is 0.179. The molecular weight excluding hydrogens is 219 g/mol. The maximum atomic E-state index is 9.08. The predicted octanol–water partition coefficient (Wildman–Crippen LogP) is 3.55. The van der Waals surface area contributed by atoms with Crippen LogP contribution in [0.15, 0.2) is 18.2 Å². The molecule has 0 spiro atoms. The zero-order valence-electron chi connectivity index (χ0n) is 8.13. The molecule has 0 radical (unpaired) electrons. The van der Waals surface area contributed by atoms with Crippen molar-refractivity contribution in [3.8, 4) is 0 Å². The Bertz CT molecular complexity index is 275. The SMILES string of the molecule is CCC(CO)Cc1c(Cl)cccc1Cl. The highest BCUT2D eigenvalue weighted by atomic mass is 35.5. The Morgan fingerprint density at radius 1 is 1.29 bits per heavy atom. The lowest BCUT2D eigenvalue weighted by molar-refractivity contribution is 0.222. The third-order valence-corrected chi connectivity index (χ3v) is 3.10. The summed E-state index contributed by atoms with van der Waals surface area (Å²) in [5, 5.41) is 10.5. The Hall–Kier alpha value is -0.240. The topological polar surface area (TPSA) is 20.2 Å². The first-order valence-corrected chi connectivity index (χ1v) is 5.48. The lowest BCUT2D eigenvalue weighted by Crippen LogP contribution is -2.08. The molecule has 0 amide bonds. The van der Waals surface area contributed by atoms with Crippen LogP contribution in [0.25, 0.3) is 0 Å². The van der Waals surface area contributed by atoms with Gasteiger partial charge in [-0.15, -0.1) is 0 Å². The predicted molar refractivity (Wildman–Crippen MR) is 61.0 cm³/mol. The van der Waals surface area contributed by atoms with E-state index in [1.165, 1.54) is 0 Å². The molecule has 78 valence electrons. The summed E-state index contributed by atoms with van der Waals surface area (Å²) in [5.41, 5.74) is 0.941. The fourth-order valence-corrected chi connectivity index (χ4v) is 1.91. The van der Waals surface area contributed by atoms with Gasteiger partial charge in [0.25, 0.3) is 0 Å². The van der Waals surface area contributed by atoms with Crippen molar-refractivity contribution in [3.63, 3.8) is 0 Å². The Labute approximate surface area is 94.7 Å². The summed E-state index contributed by atoms with van der Waals surface area (Å²) in [7, 11) is 0. The van der Waals surface area contributed by atoms with Crippen LogP contribution in [0.4, 0.5) is 0 Å². The van der Waals surface area contributed by atoms with Crippen LogP contribution in [0.1, 0.15) is 18.9 Å². The number of hydrogen-bond acceptors (Lipinski definition) is 1. The molecule has 0 bridgehead atoms. The maximum Gasteiger partial charge on any atom is 0.0462 e. The standard InChI is InChI=1S/C11H14Cl2O/c1-2-8(7-14)6-9-10(12)4-3-5-11(9)13/h3-5,8,14H,2,6-7H2,1H3. The van der Waals surface area contributed by atoms with E-state index in [4.69, 9.17) is 28.3 Å². The first kappa shape index (κ1) is 11.8. The maximum absolute atomic E-state index is 9.08. The van der Waals surface area contributed by atoms with Gasteiger partial charge in [-0.2, -0.15) is 0 Å². The van der Waals surface area contributed by atoms with Crippen LogP contribution in [-0.4, -0.2) is 11.7 Å². The average molecular weight is 233 g/mol. The fraction of sp³-hybridized carbons (Fsp3) is 0.455. The van der Waals surface area contributed by atoms with Gasteiger partial charge in [0.2, 0.25) is 0 Å². The van der Waals surface area contributed by atoms with E-state index in [-0.39, 0.29) is 12.5 Å². The van der Waals surface area contributed by atoms with Gasteiger partial charge in [0.05, 0.1) is 0 Å². The monoisotopic (exact) mass is 232 g/mol. The van der Waals surface area contributed by atoms with Gasteiger partial charge in [-0.05, 0) is 30.0 Å². The molecule has 1 nitrogen and oxygen atoms in total.